The van der Waals surface area contributed by atoms with E-state index in [0.29, 0.717) is 18.8 Å². The molecule has 1 aliphatic carbocycles. The number of anilines is 2. The van der Waals surface area contributed by atoms with Crippen LogP contribution in [-0.4, -0.2) is 30.6 Å². The zero-order chi connectivity index (χ0) is 16.4. The van der Waals surface area contributed by atoms with Crippen molar-refractivity contribution >= 4 is 23.3 Å². The number of hydrogen-bond acceptors (Lipinski definition) is 3. The van der Waals surface area contributed by atoms with Gasteiger partial charge in [0.2, 0.25) is 5.91 Å². The minimum Gasteiger partial charge on any atom is -0.336 e. The molecule has 124 valence electrons. The normalized spacial score (nSPS) is 27.7. The Morgan fingerprint density at radius 3 is 2.96 bits per heavy atom. The lowest BCUT2D eigenvalue weighted by atomic mass is 9.74. The van der Waals surface area contributed by atoms with E-state index in [-0.39, 0.29) is 17.9 Å². The summed E-state index contributed by atoms with van der Waals surface area (Å²) in [6, 6.07) is 7.29. The van der Waals surface area contributed by atoms with Crippen LogP contribution in [0.15, 0.2) is 24.3 Å². The van der Waals surface area contributed by atoms with Crippen molar-refractivity contribution in [2.75, 3.05) is 23.3 Å². The van der Waals surface area contributed by atoms with Gasteiger partial charge in [0.15, 0.2) is 0 Å². The summed E-state index contributed by atoms with van der Waals surface area (Å²) < 4.78 is 0. The van der Waals surface area contributed by atoms with Gasteiger partial charge in [0.05, 0.1) is 5.92 Å². The van der Waals surface area contributed by atoms with E-state index in [1.807, 2.05) is 31.2 Å². The van der Waals surface area contributed by atoms with E-state index in [9.17, 15) is 9.59 Å². The monoisotopic (exact) mass is 316 g/mol. The van der Waals surface area contributed by atoms with Gasteiger partial charge in [0, 0.05) is 30.0 Å². The van der Waals surface area contributed by atoms with Gasteiger partial charge in [-0.05, 0) is 38.0 Å². The van der Waals surface area contributed by atoms with Crippen molar-refractivity contribution in [2.24, 2.45) is 11.7 Å². The Morgan fingerprint density at radius 1 is 1.43 bits per heavy atom. The number of nitrogens with two attached hydrogens (primary N) is 1. The second kappa shape index (κ2) is 6.20. The zero-order valence-corrected chi connectivity index (χ0v) is 13.5. The lowest BCUT2D eigenvalue weighted by Crippen LogP contribution is -2.51. The van der Waals surface area contributed by atoms with Gasteiger partial charge in [-0.2, -0.15) is 0 Å². The average Bonchev–Trinajstić information content (AvgIpc) is 2.93. The standard InChI is InChI=1S/C17H24N4O2/c1-17(18)8-3-2-7-14(17)15(22)20-12-5-4-6-13(11-12)21-10-9-19-16(21)23/h4-6,11,14H,2-3,7-10,18H2,1H3,(H,19,23)(H,20,22). The van der Waals surface area contributed by atoms with E-state index in [4.69, 9.17) is 5.73 Å². The van der Waals surface area contributed by atoms with Crippen LogP contribution in [0.1, 0.15) is 32.6 Å². The molecular weight excluding hydrogens is 292 g/mol. The molecule has 23 heavy (non-hydrogen) atoms. The van der Waals surface area contributed by atoms with Crippen molar-refractivity contribution in [3.63, 3.8) is 0 Å². The summed E-state index contributed by atoms with van der Waals surface area (Å²) in [5.74, 6) is -0.201. The quantitative estimate of drug-likeness (QED) is 0.797. The fraction of sp³-hybridized carbons (Fsp3) is 0.529. The third kappa shape index (κ3) is 3.32. The SMILES string of the molecule is CC1(N)CCCCC1C(=O)Nc1cccc(N2CCNC2=O)c1. The Bertz CT molecular complexity index is 614. The van der Waals surface area contributed by atoms with Crippen molar-refractivity contribution in [1.29, 1.82) is 0 Å². The highest BCUT2D eigenvalue weighted by Crippen LogP contribution is 2.32. The van der Waals surface area contributed by atoms with E-state index in [1.165, 1.54) is 0 Å². The zero-order valence-electron chi connectivity index (χ0n) is 13.5. The summed E-state index contributed by atoms with van der Waals surface area (Å²) in [6.45, 7) is 3.24. The summed E-state index contributed by atoms with van der Waals surface area (Å²) in [5, 5.41) is 5.74. The second-order valence-corrected chi connectivity index (χ2v) is 6.73. The van der Waals surface area contributed by atoms with Gasteiger partial charge < -0.3 is 16.4 Å². The van der Waals surface area contributed by atoms with Gasteiger partial charge in [0.25, 0.3) is 0 Å². The van der Waals surface area contributed by atoms with Crippen molar-refractivity contribution in [3.05, 3.63) is 24.3 Å². The summed E-state index contributed by atoms with van der Waals surface area (Å²) in [4.78, 5) is 26.0. The van der Waals surface area contributed by atoms with Gasteiger partial charge in [0.1, 0.15) is 0 Å². The van der Waals surface area contributed by atoms with E-state index in [0.717, 1.165) is 31.4 Å². The van der Waals surface area contributed by atoms with Gasteiger partial charge in [-0.15, -0.1) is 0 Å². The summed E-state index contributed by atoms with van der Waals surface area (Å²) in [5.41, 5.74) is 7.34. The Kier molecular flexibility index (Phi) is 4.26. The van der Waals surface area contributed by atoms with E-state index in [1.54, 1.807) is 4.90 Å². The predicted molar refractivity (Wildman–Crippen MR) is 90.4 cm³/mol. The molecule has 6 nitrogen and oxygen atoms in total. The first kappa shape index (κ1) is 15.8. The van der Waals surface area contributed by atoms with Crippen molar-refractivity contribution < 1.29 is 9.59 Å². The van der Waals surface area contributed by atoms with Crippen LogP contribution in [0, 0.1) is 5.92 Å². The Hall–Kier alpha value is -2.08. The molecule has 1 aromatic carbocycles. The lowest BCUT2D eigenvalue weighted by Gasteiger charge is -2.37. The molecule has 0 aromatic heterocycles. The van der Waals surface area contributed by atoms with Gasteiger partial charge in [-0.3, -0.25) is 9.69 Å². The number of benzene rings is 1. The summed E-state index contributed by atoms with van der Waals surface area (Å²) in [6.07, 6.45) is 3.82. The molecule has 4 N–H and O–H groups in total. The van der Waals surface area contributed by atoms with E-state index < -0.39 is 5.54 Å². The molecule has 0 radical (unpaired) electrons. The van der Waals surface area contributed by atoms with Gasteiger partial charge >= 0.3 is 6.03 Å². The fourth-order valence-electron chi connectivity index (χ4n) is 3.49. The smallest absolute Gasteiger partial charge is 0.321 e. The maximum absolute atomic E-state index is 12.6. The number of amides is 3. The van der Waals surface area contributed by atoms with Crippen LogP contribution in [0.5, 0.6) is 0 Å². The molecule has 1 aromatic rings. The third-order valence-electron chi connectivity index (χ3n) is 4.85. The molecule has 3 amide bonds. The molecule has 0 bridgehead atoms. The van der Waals surface area contributed by atoms with Crippen LogP contribution in [0.4, 0.5) is 16.2 Å². The highest BCUT2D eigenvalue weighted by molar-refractivity contribution is 5.97. The molecule has 0 spiro atoms. The lowest BCUT2D eigenvalue weighted by molar-refractivity contribution is -0.122. The molecular formula is C17H24N4O2. The highest BCUT2D eigenvalue weighted by Gasteiger charge is 2.37. The third-order valence-corrected chi connectivity index (χ3v) is 4.85. The van der Waals surface area contributed by atoms with Crippen LogP contribution in [0.3, 0.4) is 0 Å². The Balaban J connectivity index is 1.72. The van der Waals surface area contributed by atoms with Crippen LogP contribution >= 0.6 is 0 Å². The van der Waals surface area contributed by atoms with Crippen LogP contribution < -0.4 is 21.3 Å². The topological polar surface area (TPSA) is 87.5 Å². The van der Waals surface area contributed by atoms with E-state index in [2.05, 4.69) is 10.6 Å². The Morgan fingerprint density at radius 2 is 2.26 bits per heavy atom. The number of nitrogens with one attached hydrogen (secondary N) is 2. The molecule has 2 atom stereocenters. The van der Waals surface area contributed by atoms with Crippen molar-refractivity contribution in [2.45, 2.75) is 38.1 Å². The molecule has 1 saturated carbocycles. The van der Waals surface area contributed by atoms with Crippen LogP contribution in [0.25, 0.3) is 0 Å². The molecule has 1 heterocycles. The predicted octanol–water partition coefficient (Wildman–Crippen LogP) is 2.06. The largest absolute Gasteiger partial charge is 0.336 e. The number of rotatable bonds is 3. The number of nitrogens with zero attached hydrogens (tertiary/aromatic N) is 1. The molecule has 2 unspecified atom stereocenters. The van der Waals surface area contributed by atoms with Gasteiger partial charge in [-0.25, -0.2) is 4.79 Å². The van der Waals surface area contributed by atoms with E-state index >= 15 is 0 Å². The fourth-order valence-corrected chi connectivity index (χ4v) is 3.49. The molecule has 1 aliphatic heterocycles. The molecule has 6 heteroatoms. The first-order valence-electron chi connectivity index (χ1n) is 8.22. The first-order chi connectivity index (χ1) is 11.0. The highest BCUT2D eigenvalue weighted by atomic mass is 16.2. The summed E-state index contributed by atoms with van der Waals surface area (Å²) in [7, 11) is 0. The second-order valence-electron chi connectivity index (χ2n) is 6.73. The van der Waals surface area contributed by atoms with Crippen molar-refractivity contribution in [1.82, 2.24) is 5.32 Å². The number of hydrogen-bond donors (Lipinski definition) is 3. The maximum atomic E-state index is 12.6. The number of carbonyl (C=O) groups excluding carboxylic acids is 2. The minimum atomic E-state index is -0.450. The van der Waals surface area contributed by atoms with Gasteiger partial charge in [-0.1, -0.05) is 18.9 Å². The minimum absolute atomic E-state index is 0.0299. The van der Waals surface area contributed by atoms with Crippen LogP contribution in [0.2, 0.25) is 0 Å². The molecule has 1 saturated heterocycles. The summed E-state index contributed by atoms with van der Waals surface area (Å²) >= 11 is 0. The molecule has 2 fully saturated rings. The molecule has 3 rings (SSSR count). The number of carbonyl (C=O) groups is 2. The first-order valence-corrected chi connectivity index (χ1v) is 8.22. The van der Waals surface area contributed by atoms with Crippen molar-refractivity contribution in [3.8, 4) is 0 Å². The Labute approximate surface area is 136 Å². The number of urea groups is 1. The average molecular weight is 316 g/mol. The molecule has 2 aliphatic rings. The van der Waals surface area contributed by atoms with Crippen LogP contribution in [-0.2, 0) is 4.79 Å². The maximum Gasteiger partial charge on any atom is 0.321 e.